The summed E-state index contributed by atoms with van der Waals surface area (Å²) >= 11 is 7.18. The number of nitrogens with zero attached hydrogens (tertiary/aromatic N) is 2. The maximum atomic E-state index is 4.59. The van der Waals surface area contributed by atoms with Crippen LogP contribution in [0.15, 0.2) is 69.9 Å². The lowest BCUT2D eigenvalue weighted by molar-refractivity contribution is 1.39. The van der Waals surface area contributed by atoms with Crippen LogP contribution in [0.2, 0.25) is 0 Å². The van der Waals surface area contributed by atoms with Crippen molar-refractivity contribution < 1.29 is 0 Å². The van der Waals surface area contributed by atoms with Crippen molar-refractivity contribution in [3.05, 3.63) is 69.9 Å². The fourth-order valence-electron chi connectivity index (χ4n) is 2.73. The molecule has 2 heterocycles. The van der Waals surface area contributed by atoms with Crippen molar-refractivity contribution in [2.75, 3.05) is 0 Å². The zero-order valence-corrected chi connectivity index (χ0v) is 14.6. The van der Waals surface area contributed by atoms with E-state index in [4.69, 9.17) is 0 Å². The minimum atomic E-state index is 0.965. The van der Waals surface area contributed by atoms with E-state index in [2.05, 4.69) is 72.2 Å². The highest BCUT2D eigenvalue weighted by Gasteiger charge is 2.12. The van der Waals surface area contributed by atoms with Gasteiger partial charge in [-0.05, 0) is 45.8 Å². The van der Waals surface area contributed by atoms with Crippen LogP contribution in [-0.2, 0) is 0 Å². The first kappa shape index (κ1) is 13.9. The summed E-state index contributed by atoms with van der Waals surface area (Å²) < 4.78 is 2.06. The maximum Gasteiger partial charge on any atom is 0.0850 e. The van der Waals surface area contributed by atoms with Crippen molar-refractivity contribution in [2.24, 2.45) is 0 Å². The van der Waals surface area contributed by atoms with Crippen molar-refractivity contribution in [2.45, 2.75) is 0 Å². The second-order valence-electron chi connectivity index (χ2n) is 4.99. The first-order valence-corrected chi connectivity index (χ1v) is 8.41. The van der Waals surface area contributed by atoms with Gasteiger partial charge in [0.15, 0.2) is 0 Å². The molecule has 22 heavy (non-hydrogen) atoms. The van der Waals surface area contributed by atoms with Crippen LogP contribution in [0.1, 0.15) is 0 Å². The van der Waals surface area contributed by atoms with Crippen molar-refractivity contribution in [3.8, 4) is 11.1 Å². The summed E-state index contributed by atoms with van der Waals surface area (Å²) in [4.78, 5) is 9.07. The van der Waals surface area contributed by atoms with E-state index in [1.54, 1.807) is 0 Å². The molecule has 2 aromatic carbocycles. The topological polar surface area (TPSA) is 25.8 Å². The van der Waals surface area contributed by atoms with Gasteiger partial charge in [0.1, 0.15) is 0 Å². The Labute approximate surface area is 144 Å². The Bertz CT molecular complexity index is 929. The van der Waals surface area contributed by atoms with E-state index in [1.165, 1.54) is 0 Å². The molecule has 0 N–H and O–H groups in total. The molecule has 0 unspecified atom stereocenters. The highest BCUT2D eigenvalue weighted by atomic mass is 79.9. The summed E-state index contributed by atoms with van der Waals surface area (Å²) in [5.74, 6) is 0. The smallest absolute Gasteiger partial charge is 0.0850 e. The third-order valence-electron chi connectivity index (χ3n) is 3.73. The lowest BCUT2D eigenvalue weighted by Gasteiger charge is -2.11. The molecule has 0 aliphatic heterocycles. The molecule has 0 atom stereocenters. The fourth-order valence-corrected chi connectivity index (χ4v) is 3.63. The van der Waals surface area contributed by atoms with E-state index >= 15 is 0 Å². The van der Waals surface area contributed by atoms with Gasteiger partial charge in [0.2, 0.25) is 0 Å². The molecule has 2 aromatic heterocycles. The number of fused-ring (bicyclic) bond motifs is 2. The van der Waals surface area contributed by atoms with E-state index in [1.807, 2.05) is 30.6 Å². The third-order valence-corrected chi connectivity index (χ3v) is 5.06. The molecule has 0 amide bonds. The largest absolute Gasteiger partial charge is 0.256 e. The summed E-state index contributed by atoms with van der Waals surface area (Å²) in [6, 6.07) is 16.4. The van der Waals surface area contributed by atoms with Crippen molar-refractivity contribution in [1.29, 1.82) is 0 Å². The molecule has 0 aliphatic carbocycles. The summed E-state index contributed by atoms with van der Waals surface area (Å²) in [6.07, 6.45) is 3.65. The minimum Gasteiger partial charge on any atom is -0.256 e. The van der Waals surface area contributed by atoms with Crippen molar-refractivity contribution in [1.82, 2.24) is 9.97 Å². The number of rotatable bonds is 1. The Hall–Kier alpha value is -1.78. The molecule has 0 radical (unpaired) electrons. The standard InChI is InChI=1S/C18H10Br2N2/c19-15-7-6-13(17-14(15)4-2-9-21-17)11-5-8-16(20)18-12(11)3-1-10-22-18/h1-10H. The van der Waals surface area contributed by atoms with Crippen molar-refractivity contribution in [3.63, 3.8) is 0 Å². The molecule has 4 rings (SSSR count). The van der Waals surface area contributed by atoms with Crippen LogP contribution < -0.4 is 0 Å². The van der Waals surface area contributed by atoms with Gasteiger partial charge in [-0.2, -0.15) is 0 Å². The molecule has 0 spiro atoms. The molecule has 0 aliphatic rings. The van der Waals surface area contributed by atoms with Crippen LogP contribution in [0.5, 0.6) is 0 Å². The molecule has 0 fully saturated rings. The second kappa shape index (κ2) is 5.45. The predicted octanol–water partition coefficient (Wildman–Crippen LogP) is 5.98. The Balaban J connectivity index is 2.13. The molecule has 0 saturated carbocycles. The molecule has 4 aromatic rings. The van der Waals surface area contributed by atoms with Gasteiger partial charge in [-0.3, -0.25) is 9.97 Å². The lowest BCUT2D eigenvalue weighted by Crippen LogP contribution is -1.89. The first-order valence-electron chi connectivity index (χ1n) is 6.82. The summed E-state index contributed by atoms with van der Waals surface area (Å²) in [7, 11) is 0. The molecule has 0 bridgehead atoms. The SMILES string of the molecule is Brc1ccc(-c2ccc(Br)c3ncccc23)c2ncccc12. The van der Waals surface area contributed by atoms with Gasteiger partial charge in [0.25, 0.3) is 0 Å². The van der Waals surface area contributed by atoms with Gasteiger partial charge in [-0.1, -0.05) is 40.2 Å². The van der Waals surface area contributed by atoms with Crippen LogP contribution >= 0.6 is 31.9 Å². The summed E-state index contributed by atoms with van der Waals surface area (Å²) in [6.45, 7) is 0. The third kappa shape index (κ3) is 2.14. The van der Waals surface area contributed by atoms with Crippen LogP contribution in [0, 0.1) is 0 Å². The first-order chi connectivity index (χ1) is 10.8. The van der Waals surface area contributed by atoms with Gasteiger partial charge in [0, 0.05) is 37.7 Å². The van der Waals surface area contributed by atoms with E-state index < -0.39 is 0 Å². The van der Waals surface area contributed by atoms with Crippen molar-refractivity contribution >= 4 is 53.7 Å². The zero-order valence-electron chi connectivity index (χ0n) is 11.4. The average Bonchev–Trinajstić information content (AvgIpc) is 2.57. The number of benzene rings is 2. The van der Waals surface area contributed by atoms with Gasteiger partial charge in [0.05, 0.1) is 11.0 Å². The van der Waals surface area contributed by atoms with Crippen LogP contribution in [-0.4, -0.2) is 9.97 Å². The minimum absolute atomic E-state index is 0.965. The lowest BCUT2D eigenvalue weighted by atomic mass is 9.98. The van der Waals surface area contributed by atoms with Gasteiger partial charge < -0.3 is 0 Å². The van der Waals surface area contributed by atoms with E-state index in [-0.39, 0.29) is 0 Å². The average molecular weight is 414 g/mol. The summed E-state index contributed by atoms with van der Waals surface area (Å²) in [5, 5.41) is 2.23. The molecular formula is C18H10Br2N2. The second-order valence-corrected chi connectivity index (χ2v) is 6.70. The Morgan fingerprint density at radius 2 is 1.23 bits per heavy atom. The molecule has 4 heteroatoms. The van der Waals surface area contributed by atoms with E-state index in [9.17, 15) is 0 Å². The number of hydrogen-bond donors (Lipinski definition) is 0. The van der Waals surface area contributed by atoms with Gasteiger partial charge >= 0.3 is 0 Å². The monoisotopic (exact) mass is 412 g/mol. The van der Waals surface area contributed by atoms with Crippen LogP contribution in [0.25, 0.3) is 32.9 Å². The summed E-state index contributed by atoms with van der Waals surface area (Å²) in [5.41, 5.74) is 4.21. The van der Waals surface area contributed by atoms with Gasteiger partial charge in [-0.25, -0.2) is 0 Å². The predicted molar refractivity (Wildman–Crippen MR) is 97.9 cm³/mol. The Kier molecular flexibility index (Phi) is 3.43. The fraction of sp³-hybridized carbons (Fsp3) is 0. The number of aromatic nitrogens is 2. The maximum absolute atomic E-state index is 4.59. The number of hydrogen-bond acceptors (Lipinski definition) is 2. The van der Waals surface area contributed by atoms with Crippen LogP contribution in [0.4, 0.5) is 0 Å². The van der Waals surface area contributed by atoms with E-state index in [0.717, 1.165) is 41.9 Å². The quantitative estimate of drug-likeness (QED) is 0.383. The molecule has 0 saturated heterocycles. The highest BCUT2D eigenvalue weighted by Crippen LogP contribution is 2.37. The van der Waals surface area contributed by atoms with E-state index in [0.29, 0.717) is 0 Å². The normalized spacial score (nSPS) is 11.2. The molecular weight excluding hydrogens is 404 g/mol. The Morgan fingerprint density at radius 3 is 2.05 bits per heavy atom. The van der Waals surface area contributed by atoms with Gasteiger partial charge in [-0.15, -0.1) is 0 Å². The number of pyridine rings is 2. The zero-order chi connectivity index (χ0) is 15.1. The Morgan fingerprint density at radius 1 is 0.591 bits per heavy atom. The highest BCUT2D eigenvalue weighted by molar-refractivity contribution is 9.11. The molecule has 2 nitrogen and oxygen atoms in total. The number of halogens is 2. The van der Waals surface area contributed by atoms with Crippen LogP contribution in [0.3, 0.4) is 0 Å². The molecule has 106 valence electrons.